The fourth-order valence-electron chi connectivity index (χ4n) is 2.37. The molecule has 7 heteroatoms. The molecule has 0 bridgehead atoms. The van der Waals surface area contributed by atoms with E-state index in [1.54, 1.807) is 18.2 Å². The van der Waals surface area contributed by atoms with Crippen LogP contribution in [0.5, 0.6) is 5.75 Å². The summed E-state index contributed by atoms with van der Waals surface area (Å²) in [5.74, 6) is -0.401. The Balaban J connectivity index is 1.75. The number of aromatic nitrogens is 1. The highest BCUT2D eigenvalue weighted by atomic mass is 19.1. The second kappa shape index (κ2) is 7.26. The average Bonchev–Trinajstić information content (AvgIpc) is 3.12. The van der Waals surface area contributed by atoms with E-state index in [0.29, 0.717) is 11.4 Å². The van der Waals surface area contributed by atoms with Crippen LogP contribution in [-0.4, -0.2) is 32.3 Å². The van der Waals surface area contributed by atoms with E-state index in [4.69, 9.17) is 9.26 Å². The first-order valence-corrected chi connectivity index (χ1v) is 7.87. The number of hydrogen-bond donors (Lipinski definition) is 1. The van der Waals surface area contributed by atoms with E-state index in [9.17, 15) is 9.18 Å². The Morgan fingerprint density at radius 3 is 2.50 bits per heavy atom. The number of rotatable bonds is 5. The number of halogens is 1. The zero-order chi connectivity index (χ0) is 18.7. The first kappa shape index (κ1) is 17.5. The van der Waals surface area contributed by atoms with E-state index in [-0.39, 0.29) is 17.0 Å². The highest BCUT2D eigenvalue weighted by molar-refractivity contribution is 6.03. The fourth-order valence-corrected chi connectivity index (χ4v) is 2.37. The molecule has 0 unspecified atom stereocenters. The smallest absolute Gasteiger partial charge is 0.277 e. The first-order chi connectivity index (χ1) is 12.5. The molecule has 6 nitrogen and oxygen atoms in total. The first-order valence-electron chi connectivity index (χ1n) is 7.87. The number of amides is 1. The van der Waals surface area contributed by atoms with Crippen molar-refractivity contribution >= 4 is 17.3 Å². The summed E-state index contributed by atoms with van der Waals surface area (Å²) in [6, 6.07) is 13.1. The topological polar surface area (TPSA) is 67.6 Å². The van der Waals surface area contributed by atoms with Gasteiger partial charge in [0.2, 0.25) is 0 Å². The number of nitrogens with zero attached hydrogens (tertiary/aromatic N) is 2. The summed E-state index contributed by atoms with van der Waals surface area (Å²) in [7, 11) is 5.32. The van der Waals surface area contributed by atoms with Crippen molar-refractivity contribution in [3.8, 4) is 17.1 Å². The van der Waals surface area contributed by atoms with Crippen LogP contribution < -0.4 is 15.0 Å². The Labute approximate surface area is 150 Å². The molecule has 134 valence electrons. The molecular formula is C19H18FN3O3. The lowest BCUT2D eigenvalue weighted by Gasteiger charge is -2.12. The number of benzene rings is 2. The predicted octanol–water partition coefficient (Wildman–Crippen LogP) is 3.81. The maximum absolute atomic E-state index is 14.1. The molecule has 0 spiro atoms. The second-order valence-corrected chi connectivity index (χ2v) is 5.82. The number of carbonyl (C=O) groups is 1. The lowest BCUT2D eigenvalue weighted by Crippen LogP contribution is -2.12. The molecule has 1 aromatic heterocycles. The molecule has 3 rings (SSSR count). The van der Waals surface area contributed by atoms with E-state index in [0.717, 1.165) is 5.69 Å². The molecule has 1 N–H and O–H groups in total. The van der Waals surface area contributed by atoms with Crippen LogP contribution in [0.25, 0.3) is 11.3 Å². The highest BCUT2D eigenvalue weighted by Gasteiger charge is 2.17. The third-order valence-corrected chi connectivity index (χ3v) is 3.83. The Hall–Kier alpha value is -3.35. The summed E-state index contributed by atoms with van der Waals surface area (Å²) in [4.78, 5) is 14.3. The molecule has 0 fully saturated rings. The van der Waals surface area contributed by atoms with Crippen molar-refractivity contribution in [1.29, 1.82) is 0 Å². The maximum atomic E-state index is 14.1. The molecular weight excluding hydrogens is 337 g/mol. The molecule has 2 aromatic carbocycles. The molecule has 0 aliphatic rings. The van der Waals surface area contributed by atoms with Gasteiger partial charge in [-0.15, -0.1) is 0 Å². The fraction of sp³-hybridized carbons (Fsp3) is 0.158. The summed E-state index contributed by atoms with van der Waals surface area (Å²) in [5, 5.41) is 6.45. The predicted molar refractivity (Wildman–Crippen MR) is 97.2 cm³/mol. The SMILES string of the molecule is COc1ccc(-c2cc(C(=O)Nc3ccc(N(C)C)cc3)no2)c(F)c1. The number of ether oxygens (including phenoxy) is 1. The van der Waals surface area contributed by atoms with E-state index >= 15 is 0 Å². The van der Waals surface area contributed by atoms with Crippen LogP contribution in [0.15, 0.2) is 53.1 Å². The quantitative estimate of drug-likeness (QED) is 0.754. The number of anilines is 2. The van der Waals surface area contributed by atoms with Crippen molar-refractivity contribution in [2.24, 2.45) is 0 Å². The van der Waals surface area contributed by atoms with Crippen molar-refractivity contribution in [3.63, 3.8) is 0 Å². The Morgan fingerprint density at radius 1 is 1.15 bits per heavy atom. The number of hydrogen-bond acceptors (Lipinski definition) is 5. The van der Waals surface area contributed by atoms with Crippen LogP contribution in [0, 0.1) is 5.82 Å². The van der Waals surface area contributed by atoms with Crippen molar-refractivity contribution in [3.05, 3.63) is 60.0 Å². The molecule has 0 saturated carbocycles. The van der Waals surface area contributed by atoms with Gasteiger partial charge in [0.1, 0.15) is 11.6 Å². The van der Waals surface area contributed by atoms with Crippen LogP contribution in [0.4, 0.5) is 15.8 Å². The Morgan fingerprint density at radius 2 is 1.88 bits per heavy atom. The van der Waals surface area contributed by atoms with Crippen molar-refractivity contribution in [2.75, 3.05) is 31.4 Å². The van der Waals surface area contributed by atoms with Gasteiger partial charge in [-0.05, 0) is 36.4 Å². The summed E-state index contributed by atoms with van der Waals surface area (Å²) < 4.78 is 24.2. The van der Waals surface area contributed by atoms with Gasteiger partial charge in [-0.1, -0.05) is 5.16 Å². The number of methoxy groups -OCH3 is 1. The van der Waals surface area contributed by atoms with E-state index in [1.807, 2.05) is 31.1 Å². The van der Waals surface area contributed by atoms with Gasteiger partial charge in [-0.3, -0.25) is 4.79 Å². The van der Waals surface area contributed by atoms with Gasteiger partial charge >= 0.3 is 0 Å². The van der Waals surface area contributed by atoms with Gasteiger partial charge in [0.15, 0.2) is 11.5 Å². The lowest BCUT2D eigenvalue weighted by molar-refractivity contribution is 0.101. The van der Waals surface area contributed by atoms with Gasteiger partial charge < -0.3 is 19.5 Å². The third-order valence-electron chi connectivity index (χ3n) is 3.83. The molecule has 1 amide bonds. The van der Waals surface area contributed by atoms with Crippen molar-refractivity contribution in [1.82, 2.24) is 5.16 Å². The minimum atomic E-state index is -0.522. The molecule has 0 atom stereocenters. The highest BCUT2D eigenvalue weighted by Crippen LogP contribution is 2.27. The van der Waals surface area contributed by atoms with Crippen molar-refractivity contribution in [2.45, 2.75) is 0 Å². The van der Waals surface area contributed by atoms with Gasteiger partial charge in [0.05, 0.1) is 12.7 Å². The molecule has 1 heterocycles. The van der Waals surface area contributed by atoms with E-state index in [1.165, 1.54) is 25.3 Å². The van der Waals surface area contributed by atoms with E-state index in [2.05, 4.69) is 10.5 Å². The summed E-state index contributed by atoms with van der Waals surface area (Å²) >= 11 is 0. The molecule has 0 aliphatic heterocycles. The zero-order valence-electron chi connectivity index (χ0n) is 14.6. The van der Waals surface area contributed by atoms with Crippen LogP contribution in [0.3, 0.4) is 0 Å². The average molecular weight is 355 g/mol. The summed E-state index contributed by atoms with van der Waals surface area (Å²) in [6.45, 7) is 0. The van der Waals surface area contributed by atoms with Crippen molar-refractivity contribution < 1.29 is 18.4 Å². The number of nitrogens with one attached hydrogen (secondary N) is 1. The van der Waals surface area contributed by atoms with Crippen LogP contribution >= 0.6 is 0 Å². The Bertz CT molecular complexity index is 920. The monoisotopic (exact) mass is 355 g/mol. The minimum Gasteiger partial charge on any atom is -0.497 e. The Kier molecular flexibility index (Phi) is 4.88. The van der Waals surface area contributed by atoms with E-state index < -0.39 is 11.7 Å². The van der Waals surface area contributed by atoms with Gasteiger partial charge in [0.25, 0.3) is 5.91 Å². The lowest BCUT2D eigenvalue weighted by atomic mass is 10.1. The standard InChI is InChI=1S/C19H18FN3O3/c1-23(2)13-6-4-12(5-7-13)21-19(24)17-11-18(26-22-17)15-9-8-14(25-3)10-16(15)20/h4-11H,1-3H3,(H,21,24). The minimum absolute atomic E-state index is 0.0619. The van der Waals surface area contributed by atoms with Gasteiger partial charge in [0, 0.05) is 37.6 Å². The third kappa shape index (κ3) is 3.66. The molecule has 0 aliphatic carbocycles. The molecule has 3 aromatic rings. The van der Waals surface area contributed by atoms with Crippen LogP contribution in [0.1, 0.15) is 10.5 Å². The van der Waals surface area contributed by atoms with Crippen LogP contribution in [0.2, 0.25) is 0 Å². The maximum Gasteiger partial charge on any atom is 0.277 e. The normalized spacial score (nSPS) is 10.5. The molecule has 0 saturated heterocycles. The van der Waals surface area contributed by atoms with Gasteiger partial charge in [-0.2, -0.15) is 0 Å². The molecule has 26 heavy (non-hydrogen) atoms. The van der Waals surface area contributed by atoms with Gasteiger partial charge in [-0.25, -0.2) is 4.39 Å². The zero-order valence-corrected chi connectivity index (χ0v) is 14.6. The number of carbonyl (C=O) groups excluding carboxylic acids is 1. The summed E-state index contributed by atoms with van der Waals surface area (Å²) in [6.07, 6.45) is 0. The second-order valence-electron chi connectivity index (χ2n) is 5.82. The molecule has 0 radical (unpaired) electrons. The van der Waals surface area contributed by atoms with Crippen LogP contribution in [-0.2, 0) is 0 Å². The summed E-state index contributed by atoms with van der Waals surface area (Å²) in [5.41, 5.74) is 1.90. The largest absolute Gasteiger partial charge is 0.497 e.